The quantitative estimate of drug-likeness (QED) is 0.0497. The van der Waals surface area contributed by atoms with Crippen LogP contribution in [0.3, 0.4) is 0 Å². The van der Waals surface area contributed by atoms with Gasteiger partial charge in [-0.25, -0.2) is 0 Å². The van der Waals surface area contributed by atoms with E-state index < -0.39 is 5.41 Å². The second-order valence-corrected chi connectivity index (χ2v) is 16.6. The molecule has 1 N–H and O–H groups in total. The van der Waals surface area contributed by atoms with Crippen molar-refractivity contribution in [1.82, 2.24) is 4.90 Å². The van der Waals surface area contributed by atoms with E-state index in [2.05, 4.69) is 39.5 Å². The van der Waals surface area contributed by atoms with Gasteiger partial charge in [0.05, 0.1) is 18.6 Å². The van der Waals surface area contributed by atoms with Crippen LogP contribution >= 0.6 is 0 Å². The molecule has 0 heterocycles. The molecule has 0 aromatic heterocycles. The van der Waals surface area contributed by atoms with E-state index in [1.807, 2.05) is 0 Å². The monoisotopic (exact) mass is 738 g/mol. The Kier molecular flexibility index (Phi) is 37.3. The Hall–Kier alpha value is -1.14. The smallest absolute Gasteiger partial charge is 0.311 e. The molecule has 0 spiro atoms. The van der Waals surface area contributed by atoms with Crippen molar-refractivity contribution < 1.29 is 24.2 Å². The van der Waals surface area contributed by atoms with Gasteiger partial charge in [0.25, 0.3) is 0 Å². The van der Waals surface area contributed by atoms with Gasteiger partial charge in [-0.15, -0.1) is 0 Å². The lowest BCUT2D eigenvalue weighted by molar-refractivity contribution is -0.161. The van der Waals surface area contributed by atoms with Gasteiger partial charge < -0.3 is 19.5 Å². The summed E-state index contributed by atoms with van der Waals surface area (Å²) in [6.07, 6.45) is 37.5. The zero-order valence-electron chi connectivity index (χ0n) is 35.8. The zero-order chi connectivity index (χ0) is 38.4. The third-order valence-corrected chi connectivity index (χ3v) is 10.9. The highest BCUT2D eigenvalue weighted by Gasteiger charge is 2.30. The average Bonchev–Trinajstić information content (AvgIpc) is 3.12. The lowest BCUT2D eigenvalue weighted by Gasteiger charge is -2.27. The normalized spacial score (nSPS) is 11.9. The van der Waals surface area contributed by atoms with Gasteiger partial charge in [-0.1, -0.05) is 162 Å². The number of carbonyl (C=O) groups excluding carboxylic acids is 2. The maximum atomic E-state index is 13.3. The largest absolute Gasteiger partial charge is 0.466 e. The molecule has 0 aliphatic carbocycles. The number of aliphatic hydroxyl groups is 1. The summed E-state index contributed by atoms with van der Waals surface area (Å²) in [7, 11) is 0. The van der Waals surface area contributed by atoms with Gasteiger partial charge in [-0.05, 0) is 84.7 Å². The van der Waals surface area contributed by atoms with Crippen molar-refractivity contribution in [3.05, 3.63) is 0 Å². The maximum absolute atomic E-state index is 13.3. The van der Waals surface area contributed by atoms with E-state index in [4.69, 9.17) is 9.47 Å². The summed E-state index contributed by atoms with van der Waals surface area (Å²) in [5, 5.41) is 9.60. The van der Waals surface area contributed by atoms with Crippen LogP contribution in [0.2, 0.25) is 0 Å². The molecule has 0 aromatic carbocycles. The summed E-state index contributed by atoms with van der Waals surface area (Å²) in [5.74, 6) is -0.0150. The van der Waals surface area contributed by atoms with Crippen molar-refractivity contribution in [2.24, 2.45) is 5.41 Å². The van der Waals surface area contributed by atoms with E-state index in [1.165, 1.54) is 135 Å². The molecule has 310 valence electrons. The standard InChI is InChI=1S/C46H91NO5/c1-6-9-12-15-21-27-34-43(35-28-22-16-13-10-7-2)52-45(50)46(4,5)37-30-23-25-32-39-47(40-41-48)38-31-24-18-17-19-26-33-42-51-44(49)36-29-20-14-11-8-3/h43,48H,6-42H2,1-5H3. The molecule has 0 saturated heterocycles. The SMILES string of the molecule is CCCCCCCCC(CCCCCCCC)OC(=O)C(C)(C)CCCCCCN(CCO)CCCCCCCCCOC(=O)CCCCCCC. The second kappa shape index (κ2) is 38.1. The van der Waals surface area contributed by atoms with Crippen molar-refractivity contribution in [3.63, 3.8) is 0 Å². The number of hydrogen-bond donors (Lipinski definition) is 1. The minimum atomic E-state index is -0.427. The van der Waals surface area contributed by atoms with Crippen LogP contribution in [0.5, 0.6) is 0 Å². The Balaban J connectivity index is 4.15. The minimum Gasteiger partial charge on any atom is -0.466 e. The first-order valence-corrected chi connectivity index (χ1v) is 23.0. The lowest BCUT2D eigenvalue weighted by Crippen LogP contribution is -2.31. The Bertz CT molecular complexity index is 756. The molecule has 0 bridgehead atoms. The third-order valence-electron chi connectivity index (χ3n) is 10.9. The molecule has 0 aromatic rings. The van der Waals surface area contributed by atoms with Gasteiger partial charge in [0.15, 0.2) is 0 Å². The molecule has 0 unspecified atom stereocenters. The second-order valence-electron chi connectivity index (χ2n) is 16.6. The topological polar surface area (TPSA) is 76.1 Å². The van der Waals surface area contributed by atoms with E-state index in [0.717, 1.165) is 83.8 Å². The maximum Gasteiger partial charge on any atom is 0.311 e. The summed E-state index contributed by atoms with van der Waals surface area (Å²) < 4.78 is 11.6. The number of aliphatic hydroxyl groups excluding tert-OH is 1. The van der Waals surface area contributed by atoms with Gasteiger partial charge in [-0.2, -0.15) is 0 Å². The minimum absolute atomic E-state index is 0.00731. The van der Waals surface area contributed by atoms with E-state index in [0.29, 0.717) is 13.0 Å². The van der Waals surface area contributed by atoms with Gasteiger partial charge in [0.2, 0.25) is 0 Å². The van der Waals surface area contributed by atoms with Crippen molar-refractivity contribution >= 4 is 11.9 Å². The molecular formula is C46H91NO5. The van der Waals surface area contributed by atoms with E-state index >= 15 is 0 Å². The molecule has 0 aliphatic heterocycles. The number of hydrogen-bond acceptors (Lipinski definition) is 6. The summed E-state index contributed by atoms with van der Waals surface area (Å²) in [6.45, 7) is 14.6. The van der Waals surface area contributed by atoms with Crippen molar-refractivity contribution in [2.45, 2.75) is 246 Å². The van der Waals surface area contributed by atoms with Crippen molar-refractivity contribution in [2.75, 3.05) is 32.8 Å². The first-order chi connectivity index (χ1) is 25.3. The fourth-order valence-electron chi connectivity index (χ4n) is 7.16. The van der Waals surface area contributed by atoms with Crippen molar-refractivity contribution in [1.29, 1.82) is 0 Å². The van der Waals surface area contributed by atoms with Crippen LogP contribution < -0.4 is 0 Å². The highest BCUT2D eigenvalue weighted by atomic mass is 16.5. The molecule has 6 heteroatoms. The molecule has 0 aliphatic rings. The molecule has 0 radical (unpaired) electrons. The van der Waals surface area contributed by atoms with Gasteiger partial charge in [0.1, 0.15) is 6.10 Å². The fourth-order valence-corrected chi connectivity index (χ4v) is 7.16. The molecule has 0 amide bonds. The van der Waals surface area contributed by atoms with Crippen molar-refractivity contribution in [3.8, 4) is 0 Å². The average molecular weight is 738 g/mol. The fraction of sp³-hybridized carbons (Fsp3) is 0.957. The highest BCUT2D eigenvalue weighted by molar-refractivity contribution is 5.76. The van der Waals surface area contributed by atoms with Crippen LogP contribution in [-0.2, 0) is 19.1 Å². The van der Waals surface area contributed by atoms with Crippen LogP contribution in [0.15, 0.2) is 0 Å². The van der Waals surface area contributed by atoms with Crippen LogP contribution in [0.25, 0.3) is 0 Å². The van der Waals surface area contributed by atoms with Crippen LogP contribution in [0.1, 0.15) is 240 Å². The lowest BCUT2D eigenvalue weighted by atomic mass is 9.86. The van der Waals surface area contributed by atoms with Gasteiger partial charge in [-0.3, -0.25) is 9.59 Å². The number of ether oxygens (including phenoxy) is 2. The van der Waals surface area contributed by atoms with E-state index in [1.54, 1.807) is 0 Å². The molecule has 0 fully saturated rings. The molecule has 52 heavy (non-hydrogen) atoms. The number of esters is 2. The number of nitrogens with zero attached hydrogens (tertiary/aromatic N) is 1. The highest BCUT2D eigenvalue weighted by Crippen LogP contribution is 2.28. The molecule has 6 nitrogen and oxygen atoms in total. The first-order valence-electron chi connectivity index (χ1n) is 23.0. The summed E-state index contributed by atoms with van der Waals surface area (Å²) in [5.41, 5.74) is -0.427. The molecular weight excluding hydrogens is 647 g/mol. The predicted octanol–water partition coefficient (Wildman–Crippen LogP) is 13.3. The molecule has 0 atom stereocenters. The third kappa shape index (κ3) is 33.4. The van der Waals surface area contributed by atoms with Crippen LogP contribution in [0, 0.1) is 5.41 Å². The zero-order valence-corrected chi connectivity index (χ0v) is 35.8. The Labute approximate surface area is 324 Å². The van der Waals surface area contributed by atoms with Crippen LogP contribution in [-0.4, -0.2) is 60.9 Å². The van der Waals surface area contributed by atoms with Gasteiger partial charge >= 0.3 is 11.9 Å². The summed E-state index contributed by atoms with van der Waals surface area (Å²) >= 11 is 0. The van der Waals surface area contributed by atoms with E-state index in [9.17, 15) is 14.7 Å². The first kappa shape index (κ1) is 50.9. The Morgan fingerprint density at radius 1 is 0.538 bits per heavy atom. The summed E-state index contributed by atoms with van der Waals surface area (Å²) in [4.78, 5) is 27.6. The Morgan fingerprint density at radius 3 is 1.46 bits per heavy atom. The van der Waals surface area contributed by atoms with Gasteiger partial charge in [0, 0.05) is 13.0 Å². The molecule has 0 rings (SSSR count). The van der Waals surface area contributed by atoms with Crippen LogP contribution in [0.4, 0.5) is 0 Å². The number of unbranched alkanes of at least 4 members (excludes halogenated alkanes) is 23. The molecule has 0 saturated carbocycles. The summed E-state index contributed by atoms with van der Waals surface area (Å²) in [6, 6.07) is 0. The van der Waals surface area contributed by atoms with E-state index in [-0.39, 0.29) is 24.6 Å². The Morgan fingerprint density at radius 2 is 0.962 bits per heavy atom. The number of carbonyl (C=O) groups is 2. The predicted molar refractivity (Wildman–Crippen MR) is 223 cm³/mol. The number of rotatable bonds is 41.